The maximum atomic E-state index is 3.51. The molecule has 0 saturated heterocycles. The molecular weight excluding hydrogens is 242 g/mol. The smallest absolute Gasteiger partial charge is 0.0138 e. The summed E-state index contributed by atoms with van der Waals surface area (Å²) in [6.45, 7) is 6.41. The lowest BCUT2D eigenvalue weighted by Crippen LogP contribution is -2.32. The van der Waals surface area contributed by atoms with Crippen LogP contribution in [0.2, 0.25) is 0 Å². The molecule has 2 aromatic rings. The monoisotopic (exact) mass is 265 g/mol. The summed E-state index contributed by atoms with van der Waals surface area (Å²) in [7, 11) is 0. The van der Waals surface area contributed by atoms with E-state index in [-0.39, 0.29) is 5.41 Å². The first-order valence-corrected chi connectivity index (χ1v) is 7.16. The van der Waals surface area contributed by atoms with Crippen molar-refractivity contribution < 1.29 is 0 Å². The second kappa shape index (κ2) is 7.06. The maximum Gasteiger partial charge on any atom is 0.0138 e. The van der Waals surface area contributed by atoms with Gasteiger partial charge in [0.2, 0.25) is 0 Å². The molecule has 2 aromatic carbocycles. The molecular formula is C19H23N. The SMILES string of the molecule is CC(C)(CNCC=Cc1ccccc1)c1ccccc1. The van der Waals surface area contributed by atoms with E-state index in [9.17, 15) is 0 Å². The molecule has 0 bridgehead atoms. The second-order valence-electron chi connectivity index (χ2n) is 5.69. The summed E-state index contributed by atoms with van der Waals surface area (Å²) in [5, 5.41) is 3.51. The van der Waals surface area contributed by atoms with Gasteiger partial charge in [0.1, 0.15) is 0 Å². The van der Waals surface area contributed by atoms with Crippen molar-refractivity contribution in [1.82, 2.24) is 5.32 Å². The van der Waals surface area contributed by atoms with Crippen LogP contribution < -0.4 is 5.32 Å². The molecule has 0 atom stereocenters. The lowest BCUT2D eigenvalue weighted by atomic mass is 9.85. The first kappa shape index (κ1) is 14.5. The third kappa shape index (κ3) is 4.36. The van der Waals surface area contributed by atoms with E-state index in [0.717, 1.165) is 13.1 Å². The molecule has 0 aliphatic heterocycles. The number of nitrogens with one attached hydrogen (secondary N) is 1. The molecule has 0 aliphatic carbocycles. The van der Waals surface area contributed by atoms with Gasteiger partial charge in [0.25, 0.3) is 0 Å². The van der Waals surface area contributed by atoms with Crippen molar-refractivity contribution in [2.24, 2.45) is 0 Å². The summed E-state index contributed by atoms with van der Waals surface area (Å²) in [6, 6.07) is 21.1. The van der Waals surface area contributed by atoms with Crippen molar-refractivity contribution in [1.29, 1.82) is 0 Å². The van der Waals surface area contributed by atoms with Gasteiger partial charge < -0.3 is 5.32 Å². The molecule has 0 unspecified atom stereocenters. The van der Waals surface area contributed by atoms with Crippen molar-refractivity contribution in [2.45, 2.75) is 19.3 Å². The zero-order valence-corrected chi connectivity index (χ0v) is 12.3. The summed E-state index contributed by atoms with van der Waals surface area (Å²) in [5.41, 5.74) is 2.78. The Morgan fingerprint density at radius 2 is 1.50 bits per heavy atom. The van der Waals surface area contributed by atoms with Crippen LogP contribution in [0.1, 0.15) is 25.0 Å². The summed E-state index contributed by atoms with van der Waals surface area (Å²) in [6.07, 6.45) is 4.33. The fourth-order valence-corrected chi connectivity index (χ4v) is 2.22. The molecule has 0 heterocycles. The van der Waals surface area contributed by atoms with Gasteiger partial charge >= 0.3 is 0 Å². The van der Waals surface area contributed by atoms with E-state index in [1.807, 2.05) is 6.07 Å². The molecule has 0 fully saturated rings. The van der Waals surface area contributed by atoms with Crippen LogP contribution in [0.3, 0.4) is 0 Å². The van der Waals surface area contributed by atoms with Crippen LogP contribution in [-0.2, 0) is 5.41 Å². The standard InChI is InChI=1S/C19H23N/c1-19(2,18-13-7-4-8-14-18)16-20-15-9-12-17-10-5-3-6-11-17/h3-14,20H,15-16H2,1-2H3. The molecule has 104 valence electrons. The van der Waals surface area contributed by atoms with Crippen molar-refractivity contribution in [3.63, 3.8) is 0 Å². The maximum absolute atomic E-state index is 3.51. The summed E-state index contributed by atoms with van der Waals surface area (Å²) < 4.78 is 0. The Labute approximate surface area is 122 Å². The molecule has 2 rings (SSSR count). The molecule has 0 aliphatic rings. The minimum absolute atomic E-state index is 0.155. The molecule has 1 N–H and O–H groups in total. The largest absolute Gasteiger partial charge is 0.312 e. The highest BCUT2D eigenvalue weighted by molar-refractivity contribution is 5.48. The fraction of sp³-hybridized carbons (Fsp3) is 0.263. The molecule has 0 amide bonds. The number of hydrogen-bond donors (Lipinski definition) is 1. The predicted octanol–water partition coefficient (Wildman–Crippen LogP) is 4.27. The molecule has 0 radical (unpaired) electrons. The van der Waals surface area contributed by atoms with Crippen LogP contribution in [0.15, 0.2) is 66.7 Å². The lowest BCUT2D eigenvalue weighted by Gasteiger charge is -2.25. The molecule has 20 heavy (non-hydrogen) atoms. The van der Waals surface area contributed by atoms with E-state index in [0.29, 0.717) is 0 Å². The summed E-state index contributed by atoms with van der Waals surface area (Å²) in [4.78, 5) is 0. The number of hydrogen-bond acceptors (Lipinski definition) is 1. The zero-order valence-electron chi connectivity index (χ0n) is 12.3. The van der Waals surface area contributed by atoms with Gasteiger partial charge in [-0.2, -0.15) is 0 Å². The lowest BCUT2D eigenvalue weighted by molar-refractivity contribution is 0.484. The Morgan fingerprint density at radius 3 is 2.15 bits per heavy atom. The number of benzene rings is 2. The fourth-order valence-electron chi connectivity index (χ4n) is 2.22. The van der Waals surface area contributed by atoms with Crippen LogP contribution in [0.25, 0.3) is 6.08 Å². The Morgan fingerprint density at radius 1 is 0.900 bits per heavy atom. The Bertz CT molecular complexity index is 526. The highest BCUT2D eigenvalue weighted by Crippen LogP contribution is 2.21. The zero-order chi connectivity index (χ0) is 14.3. The number of rotatable bonds is 6. The normalized spacial score (nSPS) is 11.9. The van der Waals surface area contributed by atoms with Gasteiger partial charge in [-0.15, -0.1) is 0 Å². The van der Waals surface area contributed by atoms with E-state index in [1.165, 1.54) is 11.1 Å². The van der Waals surface area contributed by atoms with Gasteiger partial charge in [-0.3, -0.25) is 0 Å². The average molecular weight is 265 g/mol. The van der Waals surface area contributed by atoms with E-state index >= 15 is 0 Å². The van der Waals surface area contributed by atoms with Crippen LogP contribution in [0.4, 0.5) is 0 Å². The summed E-state index contributed by atoms with van der Waals surface area (Å²) in [5.74, 6) is 0. The van der Waals surface area contributed by atoms with E-state index in [1.54, 1.807) is 0 Å². The first-order valence-electron chi connectivity index (χ1n) is 7.16. The van der Waals surface area contributed by atoms with Gasteiger partial charge in [-0.05, 0) is 11.1 Å². The van der Waals surface area contributed by atoms with Gasteiger partial charge in [0.05, 0.1) is 0 Å². The van der Waals surface area contributed by atoms with Gasteiger partial charge in [0, 0.05) is 18.5 Å². The van der Waals surface area contributed by atoms with Gasteiger partial charge in [-0.1, -0.05) is 86.7 Å². The molecule has 0 spiro atoms. The van der Waals surface area contributed by atoms with Crippen LogP contribution in [0, 0.1) is 0 Å². The predicted molar refractivity (Wildman–Crippen MR) is 87.8 cm³/mol. The van der Waals surface area contributed by atoms with E-state index in [4.69, 9.17) is 0 Å². The Kier molecular flexibility index (Phi) is 5.14. The van der Waals surface area contributed by atoms with Crippen molar-refractivity contribution in [3.8, 4) is 0 Å². The third-order valence-electron chi connectivity index (χ3n) is 3.49. The molecule has 0 saturated carbocycles. The van der Waals surface area contributed by atoms with Crippen molar-refractivity contribution in [2.75, 3.05) is 13.1 Å². The third-order valence-corrected chi connectivity index (χ3v) is 3.49. The molecule has 1 nitrogen and oxygen atoms in total. The van der Waals surface area contributed by atoms with E-state index < -0.39 is 0 Å². The van der Waals surface area contributed by atoms with E-state index in [2.05, 4.69) is 85.9 Å². The van der Waals surface area contributed by atoms with Crippen LogP contribution in [-0.4, -0.2) is 13.1 Å². The minimum Gasteiger partial charge on any atom is -0.312 e. The Balaban J connectivity index is 1.80. The molecule has 1 heteroatoms. The van der Waals surface area contributed by atoms with Crippen LogP contribution >= 0.6 is 0 Å². The highest BCUT2D eigenvalue weighted by Gasteiger charge is 2.18. The quantitative estimate of drug-likeness (QED) is 0.769. The van der Waals surface area contributed by atoms with Crippen molar-refractivity contribution in [3.05, 3.63) is 77.9 Å². The highest BCUT2D eigenvalue weighted by atomic mass is 14.9. The average Bonchev–Trinajstić information content (AvgIpc) is 2.49. The van der Waals surface area contributed by atoms with Gasteiger partial charge in [0.15, 0.2) is 0 Å². The molecule has 0 aromatic heterocycles. The first-order chi connectivity index (χ1) is 9.68. The van der Waals surface area contributed by atoms with Crippen LogP contribution in [0.5, 0.6) is 0 Å². The second-order valence-corrected chi connectivity index (χ2v) is 5.69. The van der Waals surface area contributed by atoms with Crippen molar-refractivity contribution >= 4 is 6.08 Å². The van der Waals surface area contributed by atoms with Gasteiger partial charge in [-0.25, -0.2) is 0 Å². The topological polar surface area (TPSA) is 12.0 Å². The summed E-state index contributed by atoms with van der Waals surface area (Å²) >= 11 is 0. The minimum atomic E-state index is 0.155. The Hall–Kier alpha value is -1.86.